The van der Waals surface area contributed by atoms with Crippen molar-refractivity contribution in [2.45, 2.75) is 34.7 Å². The number of thioether (sulfide) groups is 1. The molecule has 2 aliphatic rings. The molecule has 9 nitrogen and oxygen atoms in total. The second-order valence-corrected chi connectivity index (χ2v) is 10.3. The topological polar surface area (TPSA) is 115 Å². The minimum Gasteiger partial charge on any atom is -0.394 e. The van der Waals surface area contributed by atoms with Gasteiger partial charge in [0.2, 0.25) is 0 Å². The van der Waals surface area contributed by atoms with Crippen LogP contribution in [0.3, 0.4) is 0 Å². The molecule has 2 aliphatic heterocycles. The lowest BCUT2D eigenvalue weighted by atomic mass is 9.97. The molecule has 202 valence electrons. The van der Waals surface area contributed by atoms with Gasteiger partial charge >= 0.3 is 0 Å². The van der Waals surface area contributed by atoms with E-state index in [1.807, 2.05) is 6.08 Å². The zero-order valence-corrected chi connectivity index (χ0v) is 21.5. The lowest BCUT2D eigenvalue weighted by Gasteiger charge is -2.43. The molecule has 4 heterocycles. The Morgan fingerprint density at radius 1 is 1.26 bits per heavy atom. The first-order chi connectivity index (χ1) is 18.3. The van der Waals surface area contributed by atoms with E-state index in [4.69, 9.17) is 21.1 Å². The molecular formula is C24H23ClF3N5O4S. The molecule has 1 fully saturated rings. The molecule has 0 saturated carbocycles. The fourth-order valence-electron chi connectivity index (χ4n) is 4.50. The zero-order valence-electron chi connectivity index (χ0n) is 19.9. The predicted molar refractivity (Wildman–Crippen MR) is 133 cm³/mol. The van der Waals surface area contributed by atoms with E-state index < -0.39 is 53.8 Å². The van der Waals surface area contributed by atoms with Gasteiger partial charge in [-0.1, -0.05) is 34.7 Å². The molecule has 0 amide bonds. The fraction of sp³-hybridized carbons (Fsp3) is 0.375. The van der Waals surface area contributed by atoms with Crippen LogP contribution in [0.1, 0.15) is 11.7 Å². The maximum atomic E-state index is 13.8. The molecule has 0 aliphatic carbocycles. The molecule has 0 bridgehead atoms. The van der Waals surface area contributed by atoms with E-state index >= 15 is 0 Å². The third-order valence-electron chi connectivity index (χ3n) is 6.37. The van der Waals surface area contributed by atoms with Crippen molar-refractivity contribution in [2.75, 3.05) is 26.8 Å². The monoisotopic (exact) mass is 569 g/mol. The summed E-state index contributed by atoms with van der Waals surface area (Å²) in [5.41, 5.74) is 0.954. The van der Waals surface area contributed by atoms with Gasteiger partial charge in [-0.05, 0) is 23.8 Å². The van der Waals surface area contributed by atoms with Gasteiger partial charge in [0.05, 0.1) is 23.5 Å². The van der Waals surface area contributed by atoms with Crippen LogP contribution < -0.4 is 5.32 Å². The molecule has 5 atom stereocenters. The quantitative estimate of drug-likeness (QED) is 0.370. The van der Waals surface area contributed by atoms with Crippen molar-refractivity contribution in [2.24, 2.45) is 0 Å². The summed E-state index contributed by atoms with van der Waals surface area (Å²) in [6.45, 7) is 0.840. The van der Waals surface area contributed by atoms with Gasteiger partial charge in [-0.2, -0.15) is 0 Å². The van der Waals surface area contributed by atoms with Crippen LogP contribution in [0.4, 0.5) is 13.2 Å². The molecule has 0 spiro atoms. The van der Waals surface area contributed by atoms with Gasteiger partial charge in [-0.25, -0.2) is 17.9 Å². The number of benzene rings is 1. The van der Waals surface area contributed by atoms with Gasteiger partial charge in [0, 0.05) is 36.9 Å². The Morgan fingerprint density at radius 2 is 2.03 bits per heavy atom. The van der Waals surface area contributed by atoms with Crippen LogP contribution in [-0.4, -0.2) is 80.7 Å². The Kier molecular flexibility index (Phi) is 8.05. The van der Waals surface area contributed by atoms with Gasteiger partial charge in [0.25, 0.3) is 0 Å². The third-order valence-corrected chi connectivity index (χ3v) is 7.75. The smallest absolute Gasteiger partial charge is 0.194 e. The van der Waals surface area contributed by atoms with Gasteiger partial charge in [0.1, 0.15) is 35.5 Å². The maximum absolute atomic E-state index is 13.8. The second-order valence-electron chi connectivity index (χ2n) is 8.72. The largest absolute Gasteiger partial charge is 0.394 e. The lowest BCUT2D eigenvalue weighted by molar-refractivity contribution is -0.186. The number of rotatable bonds is 7. The van der Waals surface area contributed by atoms with Crippen LogP contribution in [0.15, 0.2) is 41.6 Å². The molecule has 14 heteroatoms. The minimum atomic E-state index is -1.59. The van der Waals surface area contributed by atoms with Crippen molar-refractivity contribution < 1.29 is 32.9 Å². The Morgan fingerprint density at radius 3 is 2.68 bits per heavy atom. The van der Waals surface area contributed by atoms with Crippen molar-refractivity contribution in [3.05, 3.63) is 64.8 Å². The number of methoxy groups -OCH3 is 1. The molecule has 0 radical (unpaired) electrons. The number of halogens is 4. The van der Waals surface area contributed by atoms with Crippen LogP contribution in [0, 0.1) is 17.5 Å². The van der Waals surface area contributed by atoms with E-state index in [2.05, 4.69) is 20.6 Å². The van der Waals surface area contributed by atoms with Crippen LogP contribution in [0.5, 0.6) is 0 Å². The van der Waals surface area contributed by atoms with E-state index in [1.54, 1.807) is 12.3 Å². The first-order valence-electron chi connectivity index (χ1n) is 11.6. The number of hydrogen-bond donors (Lipinski definition) is 3. The van der Waals surface area contributed by atoms with E-state index in [-0.39, 0.29) is 11.3 Å². The normalized spacial score (nSPS) is 25.6. The van der Waals surface area contributed by atoms with E-state index in [9.17, 15) is 23.4 Å². The number of nitrogens with zero attached hydrogens (tertiary/aromatic N) is 4. The summed E-state index contributed by atoms with van der Waals surface area (Å²) in [6, 6.07) is 2.44. The number of aliphatic hydroxyl groups is 2. The summed E-state index contributed by atoms with van der Waals surface area (Å²) in [5.74, 6) is -4.33. The number of aromatic nitrogens is 4. The highest BCUT2D eigenvalue weighted by atomic mass is 35.5. The van der Waals surface area contributed by atoms with Gasteiger partial charge in [-0.3, -0.25) is 4.98 Å². The van der Waals surface area contributed by atoms with Gasteiger partial charge in [-0.15, -0.1) is 5.10 Å². The molecule has 2 aromatic heterocycles. The lowest BCUT2D eigenvalue weighted by Crippen LogP contribution is -2.55. The number of ether oxygens (including phenoxy) is 2. The van der Waals surface area contributed by atoms with Crippen molar-refractivity contribution >= 4 is 28.9 Å². The van der Waals surface area contributed by atoms with Crippen LogP contribution in [-0.2, 0) is 9.47 Å². The number of hydrogen-bond acceptors (Lipinski definition) is 9. The van der Waals surface area contributed by atoms with Crippen molar-refractivity contribution in [3.8, 4) is 11.3 Å². The number of aliphatic hydroxyl groups excluding tert-OH is 2. The Balaban J connectivity index is 1.49. The summed E-state index contributed by atoms with van der Waals surface area (Å²) >= 11 is 7.51. The average Bonchev–Trinajstić information content (AvgIpc) is 3.60. The predicted octanol–water partition coefficient (Wildman–Crippen LogP) is 2.82. The second kappa shape index (κ2) is 11.3. The molecule has 1 aromatic carbocycles. The standard InChI is InChI=1S/C24H23ClF3N5O4S/c1-36-23-21(33-9-16(31-32-33)12-4-14(26)19(28)15(27)5-12)22(35)17(10-34)37-24(23)38-18-6-13(25)8-30-20(18)11-2-3-29-7-11/h2,4-6,8-9,17,21-24,29,34-35H,3,7,10H2,1H3/t17-,21+,22+,23-,24-/m1/s1. The summed E-state index contributed by atoms with van der Waals surface area (Å²) in [5, 5.41) is 32.7. The molecular weight excluding hydrogens is 547 g/mol. The maximum Gasteiger partial charge on any atom is 0.194 e. The Bertz CT molecular complexity index is 1340. The van der Waals surface area contributed by atoms with E-state index in [0.29, 0.717) is 23.0 Å². The first-order valence-corrected chi connectivity index (χ1v) is 12.8. The molecule has 0 unspecified atom stereocenters. The Labute approximate surface area is 224 Å². The summed E-state index contributed by atoms with van der Waals surface area (Å²) < 4.78 is 54.1. The summed E-state index contributed by atoms with van der Waals surface area (Å²) in [4.78, 5) is 5.20. The third kappa shape index (κ3) is 5.19. The van der Waals surface area contributed by atoms with Crippen molar-refractivity contribution in [1.82, 2.24) is 25.3 Å². The summed E-state index contributed by atoms with van der Waals surface area (Å²) in [6.07, 6.45) is 1.82. The summed E-state index contributed by atoms with van der Waals surface area (Å²) in [7, 11) is 1.43. The fourth-order valence-corrected chi connectivity index (χ4v) is 6.07. The molecule has 38 heavy (non-hydrogen) atoms. The van der Waals surface area contributed by atoms with Crippen LogP contribution in [0.2, 0.25) is 5.02 Å². The minimum absolute atomic E-state index is 0.0408. The van der Waals surface area contributed by atoms with Crippen molar-refractivity contribution in [1.29, 1.82) is 0 Å². The van der Waals surface area contributed by atoms with Crippen LogP contribution in [0.25, 0.3) is 16.8 Å². The highest BCUT2D eigenvalue weighted by molar-refractivity contribution is 7.99. The highest BCUT2D eigenvalue weighted by Gasteiger charge is 2.47. The van der Waals surface area contributed by atoms with E-state index in [0.717, 1.165) is 23.4 Å². The Hall–Kier alpha value is -2.52. The average molecular weight is 570 g/mol. The SMILES string of the molecule is CO[C@@H]1[C@@H](n2cc(-c3cc(F)c(F)c(F)c3)nn2)[C@@H](O)[C@@H](CO)O[C@@H]1Sc1cc(Cl)cnc1C1=CCNC1. The molecule has 3 aromatic rings. The number of pyridine rings is 1. The van der Waals surface area contributed by atoms with E-state index in [1.165, 1.54) is 29.8 Å². The molecule has 3 N–H and O–H groups in total. The number of nitrogens with one attached hydrogen (secondary N) is 1. The highest BCUT2D eigenvalue weighted by Crippen LogP contribution is 2.42. The van der Waals surface area contributed by atoms with Crippen LogP contribution >= 0.6 is 23.4 Å². The zero-order chi connectivity index (χ0) is 27.0. The van der Waals surface area contributed by atoms with Gasteiger partial charge in [0.15, 0.2) is 17.5 Å². The molecule has 1 saturated heterocycles. The van der Waals surface area contributed by atoms with Crippen molar-refractivity contribution in [3.63, 3.8) is 0 Å². The molecule has 5 rings (SSSR count). The first kappa shape index (κ1) is 27.1. The van der Waals surface area contributed by atoms with Gasteiger partial charge < -0.3 is 25.0 Å².